The predicted octanol–water partition coefficient (Wildman–Crippen LogP) is 2.77. The monoisotopic (exact) mass is 329 g/mol. The summed E-state index contributed by atoms with van der Waals surface area (Å²) >= 11 is 0. The van der Waals surface area contributed by atoms with E-state index < -0.39 is 0 Å². The molecule has 24 heavy (non-hydrogen) atoms. The number of aryl methyl sites for hydroxylation is 1. The van der Waals surface area contributed by atoms with Crippen molar-refractivity contribution in [2.24, 2.45) is 5.92 Å². The molecule has 0 spiro atoms. The Balaban J connectivity index is 1.81. The van der Waals surface area contributed by atoms with Gasteiger partial charge >= 0.3 is 0 Å². The molecule has 0 radical (unpaired) electrons. The van der Waals surface area contributed by atoms with Crippen LogP contribution in [0.3, 0.4) is 0 Å². The van der Waals surface area contributed by atoms with Crippen LogP contribution in [0.2, 0.25) is 0 Å². The average molecular weight is 329 g/mol. The number of furan rings is 1. The molecule has 0 unspecified atom stereocenters. The van der Waals surface area contributed by atoms with Crippen LogP contribution in [0.4, 0.5) is 0 Å². The van der Waals surface area contributed by atoms with Gasteiger partial charge in [0, 0.05) is 30.5 Å². The van der Waals surface area contributed by atoms with Crippen molar-refractivity contribution >= 4 is 5.91 Å². The Morgan fingerprint density at radius 1 is 1.33 bits per heavy atom. The number of carbonyl (C=O) groups excluding carboxylic acids is 1. The van der Waals surface area contributed by atoms with Gasteiger partial charge in [-0.3, -0.25) is 4.79 Å². The molecule has 5 nitrogen and oxygen atoms in total. The Hall–Kier alpha value is -2.01. The Kier molecular flexibility index (Phi) is 4.54. The molecule has 1 amide bonds. The second-order valence-electron chi connectivity index (χ2n) is 7.17. The van der Waals surface area contributed by atoms with Gasteiger partial charge in [0.1, 0.15) is 5.76 Å². The van der Waals surface area contributed by atoms with Crippen LogP contribution in [-0.2, 0) is 6.54 Å². The molecule has 0 N–H and O–H groups in total. The van der Waals surface area contributed by atoms with Crippen molar-refractivity contribution in [3.05, 3.63) is 47.2 Å². The topological polar surface area (TPSA) is 41.6 Å². The summed E-state index contributed by atoms with van der Waals surface area (Å²) in [6, 6.07) is 6.29. The SMILES string of the molecule is Cc1cc(C(=O)N2C[C@@H](C)[C@@H](N(C)C)C2)c(C)n1Cc1ccco1. The van der Waals surface area contributed by atoms with Crippen LogP contribution in [0.25, 0.3) is 0 Å². The number of hydrogen-bond acceptors (Lipinski definition) is 3. The number of carbonyl (C=O) groups is 1. The average Bonchev–Trinajstić information content (AvgIpc) is 3.23. The van der Waals surface area contributed by atoms with E-state index in [0.29, 0.717) is 18.5 Å². The highest BCUT2D eigenvalue weighted by Crippen LogP contribution is 2.25. The summed E-state index contributed by atoms with van der Waals surface area (Å²) in [7, 11) is 4.18. The first-order valence-electron chi connectivity index (χ1n) is 8.53. The molecule has 1 fully saturated rings. The van der Waals surface area contributed by atoms with Gasteiger partial charge in [-0.2, -0.15) is 0 Å². The van der Waals surface area contributed by atoms with E-state index in [4.69, 9.17) is 4.42 Å². The van der Waals surface area contributed by atoms with Crippen molar-refractivity contribution in [1.82, 2.24) is 14.4 Å². The minimum absolute atomic E-state index is 0.144. The van der Waals surface area contributed by atoms with Crippen LogP contribution in [0.15, 0.2) is 28.9 Å². The molecule has 3 heterocycles. The van der Waals surface area contributed by atoms with E-state index in [1.165, 1.54) is 0 Å². The number of aromatic nitrogens is 1. The Morgan fingerprint density at radius 2 is 2.08 bits per heavy atom. The number of nitrogens with zero attached hydrogens (tertiary/aromatic N) is 3. The zero-order chi connectivity index (χ0) is 17.4. The van der Waals surface area contributed by atoms with Crippen molar-refractivity contribution in [2.45, 2.75) is 33.4 Å². The van der Waals surface area contributed by atoms with Crippen molar-refractivity contribution in [2.75, 3.05) is 27.2 Å². The van der Waals surface area contributed by atoms with Crippen LogP contribution >= 0.6 is 0 Å². The summed E-state index contributed by atoms with van der Waals surface area (Å²) in [5, 5.41) is 0. The third-order valence-corrected chi connectivity index (χ3v) is 5.22. The van der Waals surface area contributed by atoms with E-state index in [-0.39, 0.29) is 5.91 Å². The largest absolute Gasteiger partial charge is 0.467 e. The second-order valence-corrected chi connectivity index (χ2v) is 7.17. The van der Waals surface area contributed by atoms with E-state index in [0.717, 1.165) is 35.8 Å². The summed E-state index contributed by atoms with van der Waals surface area (Å²) in [4.78, 5) is 17.2. The molecule has 0 aromatic carbocycles. The van der Waals surface area contributed by atoms with Crippen molar-refractivity contribution in [1.29, 1.82) is 0 Å². The standard InChI is InChI=1S/C19H27N3O2/c1-13-10-21(12-18(13)20(4)5)19(23)17-9-14(2)22(15(17)3)11-16-7-6-8-24-16/h6-9,13,18H,10-12H2,1-5H3/t13-,18+/m1/s1. The van der Waals surface area contributed by atoms with Gasteiger partial charge in [-0.1, -0.05) is 6.92 Å². The molecule has 2 aromatic rings. The number of amides is 1. The molecule has 2 aromatic heterocycles. The van der Waals surface area contributed by atoms with Crippen LogP contribution in [0.1, 0.15) is 34.4 Å². The maximum atomic E-state index is 13.0. The fraction of sp³-hybridized carbons (Fsp3) is 0.526. The van der Waals surface area contributed by atoms with Crippen molar-refractivity contribution < 1.29 is 9.21 Å². The van der Waals surface area contributed by atoms with Gasteiger partial charge in [-0.05, 0) is 52.1 Å². The van der Waals surface area contributed by atoms with Crippen molar-refractivity contribution in [3.63, 3.8) is 0 Å². The van der Waals surface area contributed by atoms with Gasteiger partial charge in [-0.15, -0.1) is 0 Å². The summed E-state index contributed by atoms with van der Waals surface area (Å²) < 4.78 is 7.60. The number of likely N-dealkylation sites (tertiary alicyclic amines) is 1. The molecule has 1 aliphatic heterocycles. The third kappa shape index (κ3) is 3.00. The first-order chi connectivity index (χ1) is 11.4. The van der Waals surface area contributed by atoms with E-state index in [9.17, 15) is 4.79 Å². The summed E-state index contributed by atoms with van der Waals surface area (Å²) in [6.07, 6.45) is 1.68. The van der Waals surface area contributed by atoms with Gasteiger partial charge < -0.3 is 18.8 Å². The molecule has 2 atom stereocenters. The summed E-state index contributed by atoms with van der Waals surface area (Å²) in [6.45, 7) is 8.57. The molecule has 1 saturated heterocycles. The van der Waals surface area contributed by atoms with Gasteiger partial charge in [0.25, 0.3) is 5.91 Å². The first-order valence-corrected chi connectivity index (χ1v) is 8.53. The van der Waals surface area contributed by atoms with E-state index >= 15 is 0 Å². The van der Waals surface area contributed by atoms with E-state index in [1.807, 2.05) is 36.9 Å². The summed E-state index contributed by atoms with van der Waals surface area (Å²) in [5.41, 5.74) is 2.91. The van der Waals surface area contributed by atoms with Gasteiger partial charge in [0.05, 0.1) is 18.4 Å². The molecular formula is C19H27N3O2. The Bertz CT molecular complexity index is 715. The summed E-state index contributed by atoms with van der Waals surface area (Å²) in [5.74, 6) is 1.54. The highest BCUT2D eigenvalue weighted by Gasteiger charge is 2.35. The molecule has 0 bridgehead atoms. The molecule has 130 valence electrons. The minimum atomic E-state index is 0.144. The predicted molar refractivity (Wildman–Crippen MR) is 94.3 cm³/mol. The fourth-order valence-electron chi connectivity index (χ4n) is 3.78. The lowest BCUT2D eigenvalue weighted by Crippen LogP contribution is -2.35. The van der Waals surface area contributed by atoms with Crippen molar-refractivity contribution in [3.8, 4) is 0 Å². The minimum Gasteiger partial charge on any atom is -0.467 e. The zero-order valence-electron chi connectivity index (χ0n) is 15.2. The van der Waals surface area contributed by atoms with Crippen LogP contribution in [0.5, 0.6) is 0 Å². The molecule has 0 saturated carbocycles. The van der Waals surface area contributed by atoms with Gasteiger partial charge in [0.2, 0.25) is 0 Å². The number of hydrogen-bond donors (Lipinski definition) is 0. The molecule has 0 aliphatic carbocycles. The van der Waals surface area contributed by atoms with Crippen LogP contribution in [0, 0.1) is 19.8 Å². The zero-order valence-corrected chi connectivity index (χ0v) is 15.2. The van der Waals surface area contributed by atoms with Gasteiger partial charge in [0.15, 0.2) is 0 Å². The highest BCUT2D eigenvalue weighted by molar-refractivity contribution is 5.96. The first kappa shape index (κ1) is 16.8. The van der Waals surface area contributed by atoms with E-state index in [1.54, 1.807) is 6.26 Å². The number of rotatable bonds is 4. The smallest absolute Gasteiger partial charge is 0.255 e. The highest BCUT2D eigenvalue weighted by atomic mass is 16.3. The maximum Gasteiger partial charge on any atom is 0.255 e. The molecular weight excluding hydrogens is 302 g/mol. The lowest BCUT2D eigenvalue weighted by atomic mass is 10.1. The molecule has 5 heteroatoms. The Morgan fingerprint density at radius 3 is 2.67 bits per heavy atom. The lowest BCUT2D eigenvalue weighted by molar-refractivity contribution is 0.0780. The quantitative estimate of drug-likeness (QED) is 0.866. The molecule has 1 aliphatic rings. The Labute approximate surface area is 143 Å². The fourth-order valence-corrected chi connectivity index (χ4v) is 3.78. The van der Waals surface area contributed by atoms with E-state index in [2.05, 4.69) is 30.5 Å². The normalized spacial score (nSPS) is 21.0. The van der Waals surface area contributed by atoms with Crippen LogP contribution in [-0.4, -0.2) is 53.5 Å². The second kappa shape index (κ2) is 6.48. The van der Waals surface area contributed by atoms with Crippen LogP contribution < -0.4 is 0 Å². The maximum absolute atomic E-state index is 13.0. The molecule has 3 rings (SSSR count). The van der Waals surface area contributed by atoms with Gasteiger partial charge in [-0.25, -0.2) is 0 Å². The third-order valence-electron chi connectivity index (χ3n) is 5.22. The number of likely N-dealkylation sites (N-methyl/N-ethyl adjacent to an activating group) is 1. The lowest BCUT2D eigenvalue weighted by Gasteiger charge is -2.22.